The van der Waals surface area contributed by atoms with Crippen LogP contribution in [0.3, 0.4) is 0 Å². The molecule has 0 atom stereocenters. The highest BCUT2D eigenvalue weighted by atomic mass is 15.2. The van der Waals surface area contributed by atoms with Crippen LogP contribution in [0.1, 0.15) is 31.2 Å². The molecular weight excluding hydrogens is 224 g/mol. The van der Waals surface area contributed by atoms with Crippen LogP contribution in [-0.2, 0) is 6.54 Å². The van der Waals surface area contributed by atoms with E-state index in [1.54, 1.807) is 0 Å². The summed E-state index contributed by atoms with van der Waals surface area (Å²) in [6, 6.07) is 0. The SMILES string of the molecule is C=CCCCN(C)c1nc(C)ncc1CNCC. The van der Waals surface area contributed by atoms with Crippen molar-refractivity contribution in [3.05, 3.63) is 30.2 Å². The van der Waals surface area contributed by atoms with E-state index in [-0.39, 0.29) is 0 Å². The molecule has 1 heterocycles. The van der Waals surface area contributed by atoms with Gasteiger partial charge in [0, 0.05) is 31.9 Å². The van der Waals surface area contributed by atoms with Gasteiger partial charge in [0.25, 0.3) is 0 Å². The highest BCUT2D eigenvalue weighted by molar-refractivity contribution is 5.45. The number of allylic oxidation sites excluding steroid dienone is 1. The first-order chi connectivity index (χ1) is 8.69. The van der Waals surface area contributed by atoms with Gasteiger partial charge in [0.2, 0.25) is 0 Å². The first-order valence-electron chi connectivity index (χ1n) is 6.54. The van der Waals surface area contributed by atoms with E-state index in [0.29, 0.717) is 0 Å². The summed E-state index contributed by atoms with van der Waals surface area (Å²) in [6.45, 7) is 10.5. The quantitative estimate of drug-likeness (QED) is 0.566. The lowest BCUT2D eigenvalue weighted by Crippen LogP contribution is -2.24. The summed E-state index contributed by atoms with van der Waals surface area (Å²) in [5.41, 5.74) is 1.16. The van der Waals surface area contributed by atoms with Crippen LogP contribution in [-0.4, -0.2) is 30.1 Å². The normalized spacial score (nSPS) is 10.4. The van der Waals surface area contributed by atoms with E-state index in [1.165, 1.54) is 0 Å². The number of nitrogens with zero attached hydrogens (tertiary/aromatic N) is 3. The second-order valence-electron chi connectivity index (χ2n) is 4.40. The first kappa shape index (κ1) is 14.6. The van der Waals surface area contributed by atoms with Crippen molar-refractivity contribution in [1.29, 1.82) is 0 Å². The molecule has 0 amide bonds. The highest BCUT2D eigenvalue weighted by Crippen LogP contribution is 2.16. The zero-order valence-electron chi connectivity index (χ0n) is 11.7. The number of unbranched alkanes of at least 4 members (excludes halogenated alkanes) is 1. The van der Waals surface area contributed by atoms with Crippen LogP contribution in [0.15, 0.2) is 18.9 Å². The van der Waals surface area contributed by atoms with E-state index >= 15 is 0 Å². The van der Waals surface area contributed by atoms with E-state index in [2.05, 4.69) is 40.7 Å². The van der Waals surface area contributed by atoms with Crippen molar-refractivity contribution in [3.8, 4) is 0 Å². The summed E-state index contributed by atoms with van der Waals surface area (Å²) in [7, 11) is 2.08. The minimum atomic E-state index is 0.817. The van der Waals surface area contributed by atoms with Gasteiger partial charge in [0.05, 0.1) is 0 Å². The Hall–Kier alpha value is -1.42. The van der Waals surface area contributed by atoms with Gasteiger partial charge in [-0.1, -0.05) is 13.0 Å². The Morgan fingerprint density at radius 3 is 2.94 bits per heavy atom. The summed E-state index contributed by atoms with van der Waals surface area (Å²) in [4.78, 5) is 11.0. The molecule has 4 nitrogen and oxygen atoms in total. The Kier molecular flexibility index (Phi) is 6.36. The summed E-state index contributed by atoms with van der Waals surface area (Å²) in [5, 5.41) is 3.32. The van der Waals surface area contributed by atoms with Gasteiger partial charge in [-0.2, -0.15) is 0 Å². The topological polar surface area (TPSA) is 41.1 Å². The molecule has 18 heavy (non-hydrogen) atoms. The summed E-state index contributed by atoms with van der Waals surface area (Å²) < 4.78 is 0. The summed E-state index contributed by atoms with van der Waals surface area (Å²) in [5.74, 6) is 1.85. The minimum absolute atomic E-state index is 0.817. The average Bonchev–Trinajstić information content (AvgIpc) is 2.37. The van der Waals surface area contributed by atoms with E-state index in [4.69, 9.17) is 0 Å². The smallest absolute Gasteiger partial charge is 0.136 e. The van der Waals surface area contributed by atoms with Crippen LogP contribution in [0, 0.1) is 6.92 Å². The summed E-state index contributed by atoms with van der Waals surface area (Å²) in [6.07, 6.45) is 6.02. The zero-order valence-corrected chi connectivity index (χ0v) is 11.7. The molecule has 0 saturated carbocycles. The van der Waals surface area contributed by atoms with E-state index in [1.807, 2.05) is 19.2 Å². The van der Waals surface area contributed by atoms with Crippen molar-refractivity contribution in [3.63, 3.8) is 0 Å². The Morgan fingerprint density at radius 2 is 2.28 bits per heavy atom. The predicted octanol–water partition coefficient (Wildman–Crippen LogP) is 2.30. The molecule has 100 valence electrons. The third-order valence-electron chi connectivity index (χ3n) is 2.79. The minimum Gasteiger partial charge on any atom is -0.359 e. The molecular formula is C14H24N4. The lowest BCUT2D eigenvalue weighted by molar-refractivity contribution is 0.709. The Bertz CT molecular complexity index is 376. The van der Waals surface area contributed by atoms with Crippen molar-refractivity contribution in [2.24, 2.45) is 0 Å². The van der Waals surface area contributed by atoms with Gasteiger partial charge >= 0.3 is 0 Å². The second kappa shape index (κ2) is 7.82. The molecule has 0 unspecified atom stereocenters. The Morgan fingerprint density at radius 1 is 1.50 bits per heavy atom. The number of aryl methyl sites for hydroxylation is 1. The predicted molar refractivity (Wildman–Crippen MR) is 76.9 cm³/mol. The van der Waals surface area contributed by atoms with E-state index in [9.17, 15) is 0 Å². The standard InChI is InChI=1S/C14H24N4/c1-5-7-8-9-18(4)14-13(10-15-6-2)11-16-12(3)17-14/h5,11,15H,1,6-10H2,2-4H3. The van der Waals surface area contributed by atoms with Crippen LogP contribution >= 0.6 is 0 Å². The van der Waals surface area contributed by atoms with Crippen LogP contribution in [0.2, 0.25) is 0 Å². The van der Waals surface area contributed by atoms with Crippen LogP contribution in [0.25, 0.3) is 0 Å². The van der Waals surface area contributed by atoms with Crippen LogP contribution < -0.4 is 10.2 Å². The van der Waals surface area contributed by atoms with Gasteiger partial charge in [-0.15, -0.1) is 6.58 Å². The summed E-state index contributed by atoms with van der Waals surface area (Å²) >= 11 is 0. The number of hydrogen-bond acceptors (Lipinski definition) is 4. The van der Waals surface area contributed by atoms with Gasteiger partial charge < -0.3 is 10.2 Å². The molecule has 0 radical (unpaired) electrons. The molecule has 1 N–H and O–H groups in total. The largest absolute Gasteiger partial charge is 0.359 e. The van der Waals surface area contributed by atoms with Gasteiger partial charge in [-0.25, -0.2) is 9.97 Å². The molecule has 0 fully saturated rings. The molecule has 1 aromatic rings. The van der Waals surface area contributed by atoms with Gasteiger partial charge in [-0.3, -0.25) is 0 Å². The second-order valence-corrected chi connectivity index (χ2v) is 4.40. The average molecular weight is 248 g/mol. The van der Waals surface area contributed by atoms with Gasteiger partial charge in [-0.05, 0) is 26.3 Å². The Labute approximate surface area is 110 Å². The van der Waals surface area contributed by atoms with Gasteiger partial charge in [0.1, 0.15) is 11.6 Å². The molecule has 1 rings (SSSR count). The molecule has 0 saturated heterocycles. The third-order valence-corrected chi connectivity index (χ3v) is 2.79. The van der Waals surface area contributed by atoms with E-state index in [0.717, 1.165) is 49.7 Å². The van der Waals surface area contributed by atoms with Crippen LogP contribution in [0.4, 0.5) is 5.82 Å². The Balaban J connectivity index is 2.76. The lowest BCUT2D eigenvalue weighted by atomic mass is 10.2. The fourth-order valence-corrected chi connectivity index (χ4v) is 1.78. The zero-order chi connectivity index (χ0) is 13.4. The maximum Gasteiger partial charge on any atom is 0.136 e. The van der Waals surface area contributed by atoms with Crippen LogP contribution in [0.5, 0.6) is 0 Å². The first-order valence-corrected chi connectivity index (χ1v) is 6.54. The number of rotatable bonds is 8. The molecule has 1 aromatic heterocycles. The molecule has 0 aliphatic heterocycles. The molecule has 0 aromatic carbocycles. The molecule has 4 heteroatoms. The maximum absolute atomic E-state index is 4.55. The highest BCUT2D eigenvalue weighted by Gasteiger charge is 2.09. The number of hydrogen-bond donors (Lipinski definition) is 1. The molecule has 0 spiro atoms. The molecule has 0 aliphatic carbocycles. The monoisotopic (exact) mass is 248 g/mol. The number of aromatic nitrogens is 2. The van der Waals surface area contributed by atoms with Crippen molar-refractivity contribution in [2.75, 3.05) is 25.0 Å². The number of anilines is 1. The number of nitrogens with one attached hydrogen (secondary N) is 1. The van der Waals surface area contributed by atoms with Gasteiger partial charge in [0.15, 0.2) is 0 Å². The van der Waals surface area contributed by atoms with Crippen molar-refractivity contribution in [2.45, 2.75) is 33.2 Å². The molecule has 0 bridgehead atoms. The third kappa shape index (κ3) is 4.45. The fraction of sp³-hybridized carbons (Fsp3) is 0.571. The van der Waals surface area contributed by atoms with Crippen molar-refractivity contribution < 1.29 is 0 Å². The lowest BCUT2D eigenvalue weighted by Gasteiger charge is -2.21. The fourth-order valence-electron chi connectivity index (χ4n) is 1.78. The molecule has 0 aliphatic rings. The maximum atomic E-state index is 4.55. The van der Waals surface area contributed by atoms with E-state index < -0.39 is 0 Å². The van der Waals surface area contributed by atoms with Crippen molar-refractivity contribution >= 4 is 5.82 Å². The van der Waals surface area contributed by atoms with Crippen molar-refractivity contribution in [1.82, 2.24) is 15.3 Å².